The van der Waals surface area contributed by atoms with Gasteiger partial charge in [0.15, 0.2) is 0 Å². The van der Waals surface area contributed by atoms with E-state index in [0.29, 0.717) is 0 Å². The van der Waals surface area contributed by atoms with Gasteiger partial charge in [-0.1, -0.05) is 0 Å². The van der Waals surface area contributed by atoms with Gasteiger partial charge in [0.2, 0.25) is 0 Å². The zero-order valence-electron chi connectivity index (χ0n) is 3.30. The summed E-state index contributed by atoms with van der Waals surface area (Å²) in [6.45, 7) is 1.23. The van der Waals surface area contributed by atoms with Crippen LogP contribution in [0.15, 0.2) is 4.99 Å². The van der Waals surface area contributed by atoms with Crippen LogP contribution in [-0.4, -0.2) is 11.9 Å². The molecule has 0 aliphatic rings. The van der Waals surface area contributed by atoms with Crippen LogP contribution in [0.5, 0.6) is 0 Å². The zero-order chi connectivity index (χ0) is 4.99. The molecule has 0 fully saturated rings. The fourth-order valence-corrected chi connectivity index (χ4v) is 0.0704. The van der Waals surface area contributed by atoms with Crippen LogP contribution in [-0.2, 0) is 4.79 Å². The monoisotopic (exact) mass is 83.0 g/mol. The third-order valence-electron chi connectivity index (χ3n) is 0.207. The molecule has 0 atom stereocenters. The Hall–Kier alpha value is -0.950. The highest BCUT2D eigenvalue weighted by Gasteiger charge is 1.63. The van der Waals surface area contributed by atoms with E-state index in [2.05, 4.69) is 4.99 Å². The van der Waals surface area contributed by atoms with Crippen molar-refractivity contribution in [2.45, 2.75) is 6.92 Å². The van der Waals surface area contributed by atoms with Gasteiger partial charge in [-0.15, -0.1) is 6.01 Å². The van der Waals surface area contributed by atoms with Crippen molar-refractivity contribution >= 4 is 11.9 Å². The molecule has 0 radical (unpaired) electrons. The van der Waals surface area contributed by atoms with Gasteiger partial charge in [-0.3, -0.25) is 4.79 Å². The fraction of sp³-hybridized carbons (Fsp3) is 0.333. The minimum atomic E-state index is -0.447. The van der Waals surface area contributed by atoms with E-state index < -0.39 is 5.91 Å². The molecule has 0 spiro atoms. The van der Waals surface area contributed by atoms with Crippen molar-refractivity contribution in [1.82, 2.24) is 0 Å². The topological polar surface area (TPSA) is 51.7 Å². The van der Waals surface area contributed by atoms with Crippen molar-refractivity contribution in [2.24, 2.45) is 4.99 Å². The molecule has 0 aromatic carbocycles. The Kier molecular flexibility index (Phi) is 1.93. The van der Waals surface area contributed by atoms with Crippen molar-refractivity contribution in [1.29, 1.82) is 0 Å². The van der Waals surface area contributed by atoms with E-state index in [1.807, 2.05) is 0 Å². The van der Waals surface area contributed by atoms with E-state index in [9.17, 15) is 4.79 Å². The van der Waals surface area contributed by atoms with E-state index >= 15 is 0 Å². The Morgan fingerprint density at radius 1 is 2.00 bits per heavy atom. The van der Waals surface area contributed by atoms with Crippen molar-refractivity contribution in [2.75, 3.05) is 0 Å². The van der Waals surface area contributed by atoms with Gasteiger partial charge in [0.25, 0.3) is 0 Å². The maximum atomic E-state index is 9.65. The number of carbonyl (C=O) groups is 1. The van der Waals surface area contributed by atoms with Gasteiger partial charge in [-0.05, 0) is 6.92 Å². The molecule has 0 aromatic heterocycles. The van der Waals surface area contributed by atoms with E-state index in [1.54, 1.807) is 0 Å². The Balaban J connectivity index is 3.60. The van der Waals surface area contributed by atoms with Crippen LogP contribution in [0, 0.1) is 0 Å². The third kappa shape index (κ3) is 3.05. The van der Waals surface area contributed by atoms with Crippen molar-refractivity contribution in [3.63, 3.8) is 0 Å². The van der Waals surface area contributed by atoms with Crippen LogP contribution in [0.25, 0.3) is 5.41 Å². The number of amides is 1. The summed E-state index contributed by atoms with van der Waals surface area (Å²) in [6.07, 6.45) is 0. The first-order valence-electron chi connectivity index (χ1n) is 1.37. The van der Waals surface area contributed by atoms with Crippen LogP contribution >= 0.6 is 0 Å². The molecule has 0 unspecified atom stereocenters. The van der Waals surface area contributed by atoms with Crippen LogP contribution in [0.2, 0.25) is 0 Å². The lowest BCUT2D eigenvalue weighted by Gasteiger charge is -1.76. The molecule has 0 aliphatic heterocycles. The highest BCUT2D eigenvalue weighted by molar-refractivity contribution is 5.80. The Bertz CT molecular complexity index is 101. The molecule has 32 valence electrons. The summed E-state index contributed by atoms with van der Waals surface area (Å²) in [4.78, 5) is 12.4. The summed E-state index contributed by atoms with van der Waals surface area (Å²) in [5, 5.41) is 7.60. The van der Waals surface area contributed by atoms with E-state index in [4.69, 9.17) is 5.41 Å². The van der Waals surface area contributed by atoms with E-state index in [-0.39, 0.29) is 0 Å². The molecule has 3 heteroatoms. The largest absolute Gasteiger partial charge is 0.422 e. The number of nitrogens with zero attached hydrogens (tertiary/aromatic N) is 2. The minimum absolute atomic E-state index is 0.447. The molecule has 6 heavy (non-hydrogen) atoms. The lowest BCUT2D eigenvalue weighted by molar-refractivity contribution is -0.115. The highest BCUT2D eigenvalue weighted by Crippen LogP contribution is 1.61. The molecule has 1 amide bonds. The molecule has 0 aromatic rings. The smallest absolute Gasteiger partial charge is 0.149 e. The molecule has 3 nitrogen and oxygen atoms in total. The molecule has 0 saturated heterocycles. The van der Waals surface area contributed by atoms with Crippen LogP contribution in [0.1, 0.15) is 6.92 Å². The average molecular weight is 83.1 g/mol. The number of hydrogen-bond acceptors (Lipinski definition) is 1. The lowest BCUT2D eigenvalue weighted by atomic mass is 10.8. The maximum absolute atomic E-state index is 9.65. The number of aliphatic imine (C=N–C) groups is 1. The van der Waals surface area contributed by atoms with Crippen LogP contribution in [0.4, 0.5) is 0 Å². The number of rotatable bonds is 0. The molecule has 0 N–H and O–H groups in total. The summed E-state index contributed by atoms with van der Waals surface area (Å²) in [7, 11) is 0. The van der Waals surface area contributed by atoms with E-state index in [0.717, 1.165) is 0 Å². The number of carbonyl (C=O) groups excluding carboxylic acids is 1. The molecular formula is C3H3N2O-. The van der Waals surface area contributed by atoms with Crippen molar-refractivity contribution in [3.8, 4) is 0 Å². The van der Waals surface area contributed by atoms with Crippen LogP contribution in [0.3, 0.4) is 0 Å². The van der Waals surface area contributed by atoms with Gasteiger partial charge in [-0.2, -0.15) is 0 Å². The highest BCUT2D eigenvalue weighted by atomic mass is 16.1. The standard InChI is InChI=1S/C3H3N2O/c1-3(6)5-2-4/h1H3/q-1. The molecule has 0 aliphatic carbocycles. The zero-order valence-corrected chi connectivity index (χ0v) is 3.30. The van der Waals surface area contributed by atoms with Gasteiger partial charge in [0.1, 0.15) is 5.91 Å². The van der Waals surface area contributed by atoms with Gasteiger partial charge in [0, 0.05) is 0 Å². The summed E-state index contributed by atoms with van der Waals surface area (Å²) in [5.74, 6) is -0.447. The SMILES string of the molecule is CC(=O)N=C=[N-]. The Morgan fingerprint density at radius 3 is 2.50 bits per heavy atom. The predicted molar refractivity (Wildman–Crippen MR) is 21.5 cm³/mol. The second-order valence-electron chi connectivity index (χ2n) is 0.731. The first-order valence-corrected chi connectivity index (χ1v) is 1.37. The Morgan fingerprint density at radius 2 is 2.50 bits per heavy atom. The van der Waals surface area contributed by atoms with Crippen molar-refractivity contribution in [3.05, 3.63) is 5.41 Å². The van der Waals surface area contributed by atoms with Gasteiger partial charge < -0.3 is 10.4 Å². The molecule has 0 heterocycles. The summed E-state index contributed by atoms with van der Waals surface area (Å²) in [5.41, 5.74) is 0. The molecule has 0 bridgehead atoms. The molecule has 0 saturated carbocycles. The first-order chi connectivity index (χ1) is 2.77. The average Bonchev–Trinajstić information content (AvgIpc) is 1.35. The van der Waals surface area contributed by atoms with Gasteiger partial charge in [-0.25, -0.2) is 0 Å². The lowest BCUT2D eigenvalue weighted by Crippen LogP contribution is -1.76. The van der Waals surface area contributed by atoms with Crippen molar-refractivity contribution < 1.29 is 4.79 Å². The van der Waals surface area contributed by atoms with Gasteiger partial charge >= 0.3 is 0 Å². The molecule has 0 rings (SSSR count). The summed E-state index contributed by atoms with van der Waals surface area (Å²) < 4.78 is 0. The van der Waals surface area contributed by atoms with Crippen LogP contribution < -0.4 is 0 Å². The maximum Gasteiger partial charge on any atom is 0.149 e. The predicted octanol–water partition coefficient (Wildman–Crippen LogP) is 0.276. The molecular weight excluding hydrogens is 80.0 g/mol. The number of hydrogen-bond donors (Lipinski definition) is 0. The summed E-state index contributed by atoms with van der Waals surface area (Å²) in [6, 6.07) is 1.34. The second kappa shape index (κ2) is 2.30. The quantitative estimate of drug-likeness (QED) is 0.388. The van der Waals surface area contributed by atoms with Gasteiger partial charge in [0.05, 0.1) is 0 Å². The Labute approximate surface area is 35.2 Å². The first kappa shape index (κ1) is 5.05. The third-order valence-corrected chi connectivity index (χ3v) is 0.207. The fourth-order valence-electron chi connectivity index (χ4n) is 0.0704. The second-order valence-corrected chi connectivity index (χ2v) is 0.731. The minimum Gasteiger partial charge on any atom is -0.422 e. The summed E-state index contributed by atoms with van der Waals surface area (Å²) >= 11 is 0. The normalized spacial score (nSPS) is 6.17. The van der Waals surface area contributed by atoms with E-state index in [1.165, 1.54) is 12.9 Å².